The van der Waals surface area contributed by atoms with Crippen molar-refractivity contribution >= 4 is 6.16 Å². The molecule has 2 aromatic carbocycles. The van der Waals surface area contributed by atoms with Crippen molar-refractivity contribution in [2.24, 2.45) is 0 Å². The standard InChI is InChI=1S/C21H26O3/c1-2-11-19-15-8-9-16-20(19)24-21(22)23-17-10-4-7-14-18-12-5-3-6-13-18/h3,5-6,8-9,12-13,15-16H,2,4,7,10-11,14,17H2,1H3. The van der Waals surface area contributed by atoms with Gasteiger partial charge in [0.05, 0.1) is 6.61 Å². The maximum atomic E-state index is 11.8. The molecule has 0 spiro atoms. The molecule has 0 aliphatic rings. The first-order valence-electron chi connectivity index (χ1n) is 8.76. The van der Waals surface area contributed by atoms with Crippen molar-refractivity contribution < 1.29 is 14.3 Å². The van der Waals surface area contributed by atoms with Gasteiger partial charge in [-0.05, 0) is 49.3 Å². The SMILES string of the molecule is CCCc1ccccc1OC(=O)OCCCCCc1ccccc1. The fourth-order valence-corrected chi connectivity index (χ4v) is 2.61. The van der Waals surface area contributed by atoms with E-state index in [-0.39, 0.29) is 0 Å². The van der Waals surface area contributed by atoms with Gasteiger partial charge < -0.3 is 9.47 Å². The molecule has 0 aromatic heterocycles. The molecule has 2 rings (SSSR count). The number of para-hydroxylation sites is 1. The van der Waals surface area contributed by atoms with E-state index >= 15 is 0 Å². The number of carbonyl (C=O) groups excluding carboxylic acids is 1. The van der Waals surface area contributed by atoms with Gasteiger partial charge in [-0.1, -0.05) is 61.9 Å². The van der Waals surface area contributed by atoms with Gasteiger partial charge in [-0.2, -0.15) is 0 Å². The van der Waals surface area contributed by atoms with Crippen LogP contribution < -0.4 is 4.74 Å². The van der Waals surface area contributed by atoms with Crippen LogP contribution in [0.25, 0.3) is 0 Å². The summed E-state index contributed by atoms with van der Waals surface area (Å²) in [7, 11) is 0. The summed E-state index contributed by atoms with van der Waals surface area (Å²) < 4.78 is 10.5. The zero-order chi connectivity index (χ0) is 17.0. The lowest BCUT2D eigenvalue weighted by atomic mass is 10.1. The molecule has 24 heavy (non-hydrogen) atoms. The highest BCUT2D eigenvalue weighted by Gasteiger charge is 2.09. The molecule has 0 heterocycles. The van der Waals surface area contributed by atoms with Crippen LogP contribution in [0.3, 0.4) is 0 Å². The van der Waals surface area contributed by atoms with Gasteiger partial charge in [-0.25, -0.2) is 4.79 Å². The topological polar surface area (TPSA) is 35.5 Å². The van der Waals surface area contributed by atoms with Crippen LogP contribution in [0.4, 0.5) is 4.79 Å². The Balaban J connectivity index is 1.61. The quantitative estimate of drug-likeness (QED) is 0.343. The van der Waals surface area contributed by atoms with Gasteiger partial charge in [0.2, 0.25) is 0 Å². The zero-order valence-electron chi connectivity index (χ0n) is 14.4. The fourth-order valence-electron chi connectivity index (χ4n) is 2.61. The predicted octanol–water partition coefficient (Wildman–Crippen LogP) is 5.57. The van der Waals surface area contributed by atoms with Crippen molar-refractivity contribution in [3.8, 4) is 5.75 Å². The summed E-state index contributed by atoms with van der Waals surface area (Å²) in [5, 5.41) is 0. The number of ether oxygens (including phenoxy) is 2. The number of benzene rings is 2. The fraction of sp³-hybridized carbons (Fsp3) is 0.381. The largest absolute Gasteiger partial charge is 0.513 e. The van der Waals surface area contributed by atoms with E-state index in [2.05, 4.69) is 31.2 Å². The Morgan fingerprint density at radius 1 is 0.875 bits per heavy atom. The van der Waals surface area contributed by atoms with E-state index in [1.165, 1.54) is 5.56 Å². The molecule has 0 bridgehead atoms. The van der Waals surface area contributed by atoms with Crippen LogP contribution in [0.1, 0.15) is 43.7 Å². The molecule has 0 saturated heterocycles. The molecule has 128 valence electrons. The summed E-state index contributed by atoms with van der Waals surface area (Å²) in [5.41, 5.74) is 2.39. The first kappa shape index (κ1) is 18.1. The molecular formula is C21H26O3. The van der Waals surface area contributed by atoms with Crippen molar-refractivity contribution in [2.75, 3.05) is 6.61 Å². The minimum absolute atomic E-state index is 0.406. The molecule has 0 radical (unpaired) electrons. The van der Waals surface area contributed by atoms with Gasteiger partial charge in [0, 0.05) is 0 Å². The first-order chi connectivity index (χ1) is 11.8. The van der Waals surface area contributed by atoms with Gasteiger partial charge in [0.15, 0.2) is 0 Å². The highest BCUT2D eigenvalue weighted by Crippen LogP contribution is 2.20. The maximum absolute atomic E-state index is 11.8. The summed E-state index contributed by atoms with van der Waals surface area (Å²) in [6, 6.07) is 18.0. The van der Waals surface area contributed by atoms with Crippen molar-refractivity contribution in [1.29, 1.82) is 0 Å². The minimum Gasteiger partial charge on any atom is -0.434 e. The summed E-state index contributed by atoms with van der Waals surface area (Å²) in [6.07, 6.45) is 5.35. The lowest BCUT2D eigenvalue weighted by Gasteiger charge is -2.09. The monoisotopic (exact) mass is 326 g/mol. The average Bonchev–Trinajstić information content (AvgIpc) is 2.61. The molecule has 0 fully saturated rings. The van der Waals surface area contributed by atoms with Crippen molar-refractivity contribution in [3.63, 3.8) is 0 Å². The number of unbranched alkanes of at least 4 members (excludes halogenated alkanes) is 2. The summed E-state index contributed by atoms with van der Waals surface area (Å²) in [5.74, 6) is 0.605. The molecule has 2 aromatic rings. The third-order valence-corrected chi connectivity index (χ3v) is 3.86. The Kier molecular flexibility index (Phi) is 7.88. The number of hydrogen-bond acceptors (Lipinski definition) is 3. The van der Waals surface area contributed by atoms with Crippen LogP contribution in [-0.4, -0.2) is 12.8 Å². The van der Waals surface area contributed by atoms with Crippen LogP contribution in [-0.2, 0) is 17.6 Å². The van der Waals surface area contributed by atoms with Crippen molar-refractivity contribution in [2.45, 2.75) is 45.4 Å². The van der Waals surface area contributed by atoms with Gasteiger partial charge in [-0.15, -0.1) is 0 Å². The predicted molar refractivity (Wildman–Crippen MR) is 96.4 cm³/mol. The van der Waals surface area contributed by atoms with E-state index < -0.39 is 6.16 Å². The second-order valence-electron chi connectivity index (χ2n) is 5.85. The van der Waals surface area contributed by atoms with Crippen LogP contribution in [0.15, 0.2) is 54.6 Å². The van der Waals surface area contributed by atoms with Gasteiger partial charge >= 0.3 is 6.16 Å². The molecule has 0 amide bonds. The second kappa shape index (κ2) is 10.5. The smallest absolute Gasteiger partial charge is 0.434 e. The summed E-state index contributed by atoms with van der Waals surface area (Å²) >= 11 is 0. The van der Waals surface area contributed by atoms with E-state index in [0.717, 1.165) is 44.1 Å². The van der Waals surface area contributed by atoms with E-state index in [4.69, 9.17) is 9.47 Å². The molecule has 0 aliphatic heterocycles. The first-order valence-corrected chi connectivity index (χ1v) is 8.76. The zero-order valence-corrected chi connectivity index (χ0v) is 14.4. The third-order valence-electron chi connectivity index (χ3n) is 3.86. The van der Waals surface area contributed by atoms with Crippen LogP contribution >= 0.6 is 0 Å². The van der Waals surface area contributed by atoms with Crippen LogP contribution in [0, 0.1) is 0 Å². The lowest BCUT2D eigenvalue weighted by molar-refractivity contribution is 0.0970. The number of rotatable bonds is 9. The lowest BCUT2D eigenvalue weighted by Crippen LogP contribution is -2.12. The molecule has 0 N–H and O–H groups in total. The van der Waals surface area contributed by atoms with Crippen molar-refractivity contribution in [3.05, 3.63) is 65.7 Å². The highest BCUT2D eigenvalue weighted by atomic mass is 16.7. The van der Waals surface area contributed by atoms with E-state index in [9.17, 15) is 4.79 Å². The number of hydrogen-bond donors (Lipinski definition) is 0. The number of aryl methyl sites for hydroxylation is 2. The summed E-state index contributed by atoms with van der Waals surface area (Å²) in [4.78, 5) is 11.8. The average molecular weight is 326 g/mol. The van der Waals surface area contributed by atoms with Gasteiger partial charge in [0.25, 0.3) is 0 Å². The molecular weight excluding hydrogens is 300 g/mol. The van der Waals surface area contributed by atoms with Crippen LogP contribution in [0.2, 0.25) is 0 Å². The molecule has 0 unspecified atom stereocenters. The molecule has 3 heteroatoms. The highest BCUT2D eigenvalue weighted by molar-refractivity contribution is 5.64. The Bertz CT molecular complexity index is 607. The Morgan fingerprint density at radius 3 is 2.42 bits per heavy atom. The third kappa shape index (κ3) is 6.45. The number of carbonyl (C=O) groups is 1. The molecule has 3 nitrogen and oxygen atoms in total. The minimum atomic E-state index is -0.610. The normalized spacial score (nSPS) is 10.4. The Hall–Kier alpha value is -2.29. The van der Waals surface area contributed by atoms with E-state index in [1.807, 2.05) is 30.3 Å². The molecule has 0 saturated carbocycles. The maximum Gasteiger partial charge on any atom is 0.513 e. The second-order valence-corrected chi connectivity index (χ2v) is 5.85. The summed E-state index contributed by atoms with van der Waals surface area (Å²) in [6.45, 7) is 2.51. The van der Waals surface area contributed by atoms with Crippen LogP contribution in [0.5, 0.6) is 5.75 Å². The van der Waals surface area contributed by atoms with E-state index in [1.54, 1.807) is 0 Å². The molecule has 0 atom stereocenters. The van der Waals surface area contributed by atoms with E-state index in [0.29, 0.717) is 12.4 Å². The Morgan fingerprint density at radius 2 is 1.62 bits per heavy atom. The van der Waals surface area contributed by atoms with Crippen molar-refractivity contribution in [1.82, 2.24) is 0 Å². The van der Waals surface area contributed by atoms with Gasteiger partial charge in [-0.3, -0.25) is 0 Å². The van der Waals surface area contributed by atoms with Gasteiger partial charge in [0.1, 0.15) is 5.75 Å². The molecule has 0 aliphatic carbocycles. The Labute approximate surface area is 144 Å².